The van der Waals surface area contributed by atoms with Gasteiger partial charge < -0.3 is 21.8 Å². The van der Waals surface area contributed by atoms with Crippen molar-refractivity contribution < 1.29 is 18.4 Å². The maximum atomic E-state index is 14.4. The minimum Gasteiger partial charge on any atom is -0.384 e. The van der Waals surface area contributed by atoms with Gasteiger partial charge in [-0.15, -0.1) is 0 Å². The van der Waals surface area contributed by atoms with Crippen LogP contribution < -0.4 is 16.9 Å². The molecule has 1 atom stereocenters. The largest absolute Gasteiger partial charge is 0.384 e. The Morgan fingerprint density at radius 2 is 1.66 bits per heavy atom. The Morgan fingerprint density at radius 1 is 1.07 bits per heavy atom. The van der Waals surface area contributed by atoms with E-state index in [1.54, 1.807) is 12.1 Å². The zero-order valence-corrected chi connectivity index (χ0v) is 26.7. The molecule has 8 nitrogen and oxygen atoms in total. The maximum absolute atomic E-state index is 14.4. The smallest absolute Gasteiger partial charge is 0.275 e. The lowest BCUT2D eigenvalue weighted by atomic mass is 9.69. The molecule has 0 saturated heterocycles. The van der Waals surface area contributed by atoms with E-state index < -0.39 is 17.3 Å². The molecular formula is C34H46F2N6O2. The van der Waals surface area contributed by atoms with Crippen molar-refractivity contribution in [3.63, 3.8) is 0 Å². The fourth-order valence-corrected chi connectivity index (χ4v) is 6.41. The predicted molar refractivity (Wildman–Crippen MR) is 170 cm³/mol. The quantitative estimate of drug-likeness (QED) is 0.146. The standard InChI is InChI=1S/C34H46F2N6O2/c1-32(2,3)14-13-27(21-7-9-22(10-8-21)30(43)39-20-28(37)41-38)42-31(44)29(23-17-25(35)19-26(36)18-23)40-34(42)15-11-24(12-16-34)33(4,5)6/h7-10,17-19,24,27H,11-16,20,38H2,1-6H3,(H2,37,41)(H,39,43)/t24?,27-,34?/m1/s1. The first-order valence-electron chi connectivity index (χ1n) is 15.3. The van der Waals surface area contributed by atoms with Crippen LogP contribution in [0.2, 0.25) is 0 Å². The van der Waals surface area contributed by atoms with Crippen molar-refractivity contribution in [3.05, 3.63) is 70.8 Å². The second kappa shape index (κ2) is 12.7. The van der Waals surface area contributed by atoms with Crippen LogP contribution in [0.3, 0.4) is 0 Å². The van der Waals surface area contributed by atoms with Gasteiger partial charge in [0, 0.05) is 17.2 Å². The lowest BCUT2D eigenvalue weighted by molar-refractivity contribution is -0.134. The van der Waals surface area contributed by atoms with Crippen LogP contribution in [0.4, 0.5) is 8.78 Å². The highest BCUT2D eigenvalue weighted by atomic mass is 19.1. The van der Waals surface area contributed by atoms with Crippen molar-refractivity contribution in [1.82, 2.24) is 10.2 Å². The fraction of sp³-hybridized carbons (Fsp3) is 0.529. The lowest BCUT2D eigenvalue weighted by Gasteiger charge is -2.47. The third-order valence-corrected chi connectivity index (χ3v) is 8.97. The van der Waals surface area contributed by atoms with Gasteiger partial charge in [0.2, 0.25) is 0 Å². The average Bonchev–Trinajstić information content (AvgIpc) is 3.21. The number of nitrogens with one attached hydrogen (secondary N) is 1. The number of hydrazone groups is 1. The normalized spacial score (nSPS) is 21.9. The van der Waals surface area contributed by atoms with E-state index in [9.17, 15) is 18.4 Å². The van der Waals surface area contributed by atoms with Gasteiger partial charge in [-0.1, -0.05) is 53.7 Å². The number of benzene rings is 2. The van der Waals surface area contributed by atoms with Crippen LogP contribution in [0.15, 0.2) is 52.6 Å². The molecule has 238 valence electrons. The van der Waals surface area contributed by atoms with Crippen molar-refractivity contribution in [3.8, 4) is 0 Å². The molecule has 0 unspecified atom stereocenters. The molecule has 44 heavy (non-hydrogen) atoms. The number of amides is 2. The summed E-state index contributed by atoms with van der Waals surface area (Å²) in [4.78, 5) is 34.1. The third kappa shape index (κ3) is 7.45. The van der Waals surface area contributed by atoms with Crippen molar-refractivity contribution >= 4 is 23.4 Å². The van der Waals surface area contributed by atoms with Crippen LogP contribution in [0.5, 0.6) is 0 Å². The van der Waals surface area contributed by atoms with Crippen molar-refractivity contribution in [1.29, 1.82) is 0 Å². The molecule has 1 fully saturated rings. The molecule has 2 aromatic rings. The Balaban J connectivity index is 1.76. The summed E-state index contributed by atoms with van der Waals surface area (Å²) in [6, 6.07) is 9.95. The third-order valence-electron chi connectivity index (χ3n) is 8.97. The Kier molecular flexibility index (Phi) is 9.51. The summed E-state index contributed by atoms with van der Waals surface area (Å²) in [5.41, 5.74) is 6.38. The molecule has 4 rings (SSSR count). The van der Waals surface area contributed by atoms with Gasteiger partial charge in [-0.25, -0.2) is 8.78 Å². The first-order valence-corrected chi connectivity index (χ1v) is 15.3. The monoisotopic (exact) mass is 608 g/mol. The van der Waals surface area contributed by atoms with E-state index in [1.807, 2.05) is 17.0 Å². The summed E-state index contributed by atoms with van der Waals surface area (Å²) in [6.07, 6.45) is 4.52. The lowest BCUT2D eigenvalue weighted by Crippen LogP contribution is -2.51. The molecule has 2 amide bonds. The average molecular weight is 609 g/mol. The van der Waals surface area contributed by atoms with E-state index in [4.69, 9.17) is 16.6 Å². The van der Waals surface area contributed by atoms with Gasteiger partial charge in [0.05, 0.1) is 12.6 Å². The minimum atomic E-state index is -0.839. The molecule has 1 aliphatic carbocycles. The summed E-state index contributed by atoms with van der Waals surface area (Å²) >= 11 is 0. The van der Waals surface area contributed by atoms with Crippen LogP contribution >= 0.6 is 0 Å². The number of nitrogens with two attached hydrogens (primary N) is 2. The highest BCUT2D eigenvalue weighted by molar-refractivity contribution is 6.46. The Morgan fingerprint density at radius 3 is 2.18 bits per heavy atom. The molecular weight excluding hydrogens is 562 g/mol. The zero-order chi connectivity index (χ0) is 32.4. The van der Waals surface area contributed by atoms with Gasteiger partial charge in [-0.2, -0.15) is 5.10 Å². The first kappa shape index (κ1) is 33.1. The van der Waals surface area contributed by atoms with Crippen LogP contribution in [0, 0.1) is 28.4 Å². The van der Waals surface area contributed by atoms with Gasteiger partial charge >= 0.3 is 0 Å². The minimum absolute atomic E-state index is 0.0161. The van der Waals surface area contributed by atoms with Gasteiger partial charge in [0.15, 0.2) is 0 Å². The van der Waals surface area contributed by atoms with Crippen LogP contribution in [0.25, 0.3) is 0 Å². The van der Waals surface area contributed by atoms with E-state index in [0.29, 0.717) is 30.7 Å². The van der Waals surface area contributed by atoms with Gasteiger partial charge in [0.25, 0.3) is 11.8 Å². The molecule has 0 bridgehead atoms. The highest BCUT2D eigenvalue weighted by Crippen LogP contribution is 2.50. The Labute approximate surface area is 259 Å². The second-order valence-electron chi connectivity index (χ2n) is 14.5. The van der Waals surface area contributed by atoms with E-state index in [0.717, 1.165) is 30.9 Å². The van der Waals surface area contributed by atoms with Crippen molar-refractivity contribution in [2.24, 2.45) is 38.4 Å². The number of carbonyl (C=O) groups excluding carboxylic acids is 2. The molecule has 1 saturated carbocycles. The predicted octanol–water partition coefficient (Wildman–Crippen LogP) is 6.06. The molecule has 0 aromatic heterocycles. The molecule has 10 heteroatoms. The number of aliphatic imine (C=N–C) groups is 1. The second-order valence-corrected chi connectivity index (χ2v) is 14.5. The molecule has 2 aliphatic rings. The summed E-state index contributed by atoms with van der Waals surface area (Å²) in [7, 11) is 0. The number of hydrogen-bond donors (Lipinski definition) is 3. The van der Waals surface area contributed by atoms with Crippen LogP contribution in [-0.2, 0) is 4.79 Å². The molecule has 1 aliphatic heterocycles. The number of amidine groups is 1. The highest BCUT2D eigenvalue weighted by Gasteiger charge is 2.52. The number of halogens is 2. The fourth-order valence-electron chi connectivity index (χ4n) is 6.41. The maximum Gasteiger partial charge on any atom is 0.275 e. The summed E-state index contributed by atoms with van der Waals surface area (Å²) in [5, 5.41) is 6.05. The number of nitrogens with zero attached hydrogens (tertiary/aromatic N) is 3. The van der Waals surface area contributed by atoms with Crippen LogP contribution in [-0.4, -0.2) is 40.5 Å². The van der Waals surface area contributed by atoms with Crippen molar-refractivity contribution in [2.75, 3.05) is 6.54 Å². The zero-order valence-electron chi connectivity index (χ0n) is 26.7. The summed E-state index contributed by atoms with van der Waals surface area (Å²) in [5.74, 6) is 3.55. The number of carbonyl (C=O) groups is 2. The molecule has 1 heterocycles. The molecule has 1 spiro atoms. The molecule has 5 N–H and O–H groups in total. The van der Waals surface area contributed by atoms with Gasteiger partial charge in [-0.3, -0.25) is 14.6 Å². The Bertz CT molecular complexity index is 1410. The van der Waals surface area contributed by atoms with Crippen LogP contribution in [0.1, 0.15) is 108 Å². The van der Waals surface area contributed by atoms with E-state index in [-0.39, 0.29) is 52.3 Å². The SMILES string of the molecule is CC(C)(C)CC[C@H](c1ccc(C(=O)NC/C(N)=N/N)cc1)N1C(=O)C(c2cc(F)cc(F)c2)=NC12CCC(C(C)(C)C)CC2. The number of hydrogen-bond acceptors (Lipinski definition) is 5. The van der Waals surface area contributed by atoms with E-state index >= 15 is 0 Å². The molecule has 2 aromatic carbocycles. The van der Waals surface area contributed by atoms with E-state index in [2.05, 4.69) is 52.0 Å². The molecule has 0 radical (unpaired) electrons. The van der Waals surface area contributed by atoms with Gasteiger partial charge in [-0.05, 0) is 85.1 Å². The Hall–Kier alpha value is -3.82. The first-order chi connectivity index (χ1) is 20.5. The summed E-state index contributed by atoms with van der Waals surface area (Å²) < 4.78 is 28.7. The summed E-state index contributed by atoms with van der Waals surface area (Å²) in [6.45, 7) is 13.2. The topological polar surface area (TPSA) is 126 Å². The number of rotatable bonds is 8. The van der Waals surface area contributed by atoms with Gasteiger partial charge in [0.1, 0.15) is 28.8 Å². The van der Waals surface area contributed by atoms with Crippen molar-refractivity contribution in [2.45, 2.75) is 91.8 Å². The van der Waals surface area contributed by atoms with E-state index in [1.165, 1.54) is 12.1 Å².